The van der Waals surface area contributed by atoms with E-state index in [-0.39, 0.29) is 6.10 Å². The minimum atomic E-state index is -0.367. The molecule has 3 aromatic carbocycles. The predicted molar refractivity (Wildman–Crippen MR) is 76.7 cm³/mol. The normalized spacial score (nSPS) is 13.0. The molecule has 3 rings (SSSR count). The molecular weight excluding hydrogens is 220 g/mol. The highest BCUT2D eigenvalue weighted by Crippen LogP contribution is 2.28. The van der Waals surface area contributed by atoms with Crippen molar-refractivity contribution in [2.45, 2.75) is 19.4 Å². The van der Waals surface area contributed by atoms with Gasteiger partial charge in [-0.2, -0.15) is 0 Å². The molecule has 0 amide bonds. The summed E-state index contributed by atoms with van der Waals surface area (Å²) in [6, 6.07) is 18.9. The van der Waals surface area contributed by atoms with Crippen molar-refractivity contribution in [1.29, 1.82) is 0 Å². The van der Waals surface area contributed by atoms with Crippen LogP contribution in [0.25, 0.3) is 21.5 Å². The van der Waals surface area contributed by atoms with E-state index in [0.717, 1.165) is 12.0 Å². The lowest BCUT2D eigenvalue weighted by atomic mass is 9.98. The summed E-state index contributed by atoms with van der Waals surface area (Å²) in [6.45, 7) is 2.00. The Kier molecular flexibility index (Phi) is 2.77. The fourth-order valence-electron chi connectivity index (χ4n) is 2.46. The molecule has 1 heteroatoms. The van der Waals surface area contributed by atoms with Crippen molar-refractivity contribution >= 4 is 21.5 Å². The van der Waals surface area contributed by atoms with E-state index in [1.165, 1.54) is 21.5 Å². The molecule has 0 aliphatic heterocycles. The van der Waals surface area contributed by atoms with E-state index in [1.54, 1.807) is 0 Å². The van der Waals surface area contributed by atoms with E-state index in [4.69, 9.17) is 0 Å². The minimum absolute atomic E-state index is 0.367. The maximum atomic E-state index is 9.96. The fraction of sp³-hybridized carbons (Fsp3) is 0.176. The molecule has 1 N–H and O–H groups in total. The maximum absolute atomic E-state index is 9.96. The standard InChI is InChI=1S/C17H16O/c1-2-17(18)14-10-9-13-8-7-12-5-3-4-6-15(12)16(13)11-14/h3-11,17-18H,2H2,1H3. The van der Waals surface area contributed by atoms with Crippen molar-refractivity contribution < 1.29 is 5.11 Å². The lowest BCUT2D eigenvalue weighted by Crippen LogP contribution is -1.94. The van der Waals surface area contributed by atoms with E-state index in [9.17, 15) is 5.11 Å². The molecular formula is C17H16O. The first-order chi connectivity index (χ1) is 8.79. The molecule has 18 heavy (non-hydrogen) atoms. The molecule has 0 fully saturated rings. The van der Waals surface area contributed by atoms with Crippen LogP contribution in [0.5, 0.6) is 0 Å². The van der Waals surface area contributed by atoms with Crippen LogP contribution in [0.3, 0.4) is 0 Å². The molecule has 0 aliphatic rings. The summed E-state index contributed by atoms with van der Waals surface area (Å²) in [6.07, 6.45) is 0.379. The van der Waals surface area contributed by atoms with Crippen LogP contribution >= 0.6 is 0 Å². The number of fused-ring (bicyclic) bond motifs is 3. The molecule has 3 aromatic rings. The van der Waals surface area contributed by atoms with Crippen LogP contribution in [-0.2, 0) is 0 Å². The summed E-state index contributed by atoms with van der Waals surface area (Å²) in [7, 11) is 0. The van der Waals surface area contributed by atoms with Crippen LogP contribution < -0.4 is 0 Å². The second-order valence-electron chi connectivity index (χ2n) is 4.69. The second-order valence-corrected chi connectivity index (χ2v) is 4.69. The zero-order chi connectivity index (χ0) is 12.5. The van der Waals surface area contributed by atoms with Gasteiger partial charge >= 0.3 is 0 Å². The molecule has 0 radical (unpaired) electrons. The quantitative estimate of drug-likeness (QED) is 0.652. The highest BCUT2D eigenvalue weighted by atomic mass is 16.3. The number of rotatable bonds is 2. The third-order valence-corrected chi connectivity index (χ3v) is 3.54. The number of aliphatic hydroxyl groups excluding tert-OH is 1. The second kappa shape index (κ2) is 4.43. The first kappa shape index (κ1) is 11.2. The molecule has 1 nitrogen and oxygen atoms in total. The Balaban J connectivity index is 2.33. The Morgan fingerprint density at radius 2 is 1.56 bits per heavy atom. The van der Waals surface area contributed by atoms with Gasteiger partial charge in [0.1, 0.15) is 0 Å². The molecule has 0 bridgehead atoms. The van der Waals surface area contributed by atoms with Gasteiger partial charge in [-0.05, 0) is 39.6 Å². The number of aliphatic hydroxyl groups is 1. The van der Waals surface area contributed by atoms with Crippen molar-refractivity contribution in [3.63, 3.8) is 0 Å². The van der Waals surface area contributed by atoms with Crippen LogP contribution in [0.4, 0.5) is 0 Å². The summed E-state index contributed by atoms with van der Waals surface area (Å²) < 4.78 is 0. The van der Waals surface area contributed by atoms with Gasteiger partial charge in [0.2, 0.25) is 0 Å². The Hall–Kier alpha value is -1.86. The first-order valence-corrected chi connectivity index (χ1v) is 6.39. The van der Waals surface area contributed by atoms with Gasteiger partial charge in [0.05, 0.1) is 6.10 Å². The topological polar surface area (TPSA) is 20.2 Å². The highest BCUT2D eigenvalue weighted by molar-refractivity contribution is 6.07. The van der Waals surface area contributed by atoms with Gasteiger partial charge in [0.15, 0.2) is 0 Å². The molecule has 0 saturated heterocycles. The van der Waals surface area contributed by atoms with Gasteiger partial charge in [-0.3, -0.25) is 0 Å². The van der Waals surface area contributed by atoms with Crippen LogP contribution in [0, 0.1) is 0 Å². The van der Waals surface area contributed by atoms with Gasteiger partial charge in [0, 0.05) is 0 Å². The van der Waals surface area contributed by atoms with Gasteiger partial charge in [-0.1, -0.05) is 55.5 Å². The van der Waals surface area contributed by atoms with Crippen molar-refractivity contribution in [1.82, 2.24) is 0 Å². The third kappa shape index (κ3) is 1.77. The highest BCUT2D eigenvalue weighted by Gasteiger charge is 2.07. The van der Waals surface area contributed by atoms with Crippen LogP contribution in [0.2, 0.25) is 0 Å². The van der Waals surface area contributed by atoms with Gasteiger partial charge in [-0.15, -0.1) is 0 Å². The van der Waals surface area contributed by atoms with Crippen LogP contribution in [0.15, 0.2) is 54.6 Å². The number of hydrogen-bond donors (Lipinski definition) is 1. The molecule has 0 saturated carbocycles. The average Bonchev–Trinajstić information content (AvgIpc) is 2.45. The zero-order valence-corrected chi connectivity index (χ0v) is 10.4. The molecule has 0 heterocycles. The Bertz CT molecular complexity index is 700. The lowest BCUT2D eigenvalue weighted by molar-refractivity contribution is 0.174. The van der Waals surface area contributed by atoms with Crippen molar-refractivity contribution in [2.24, 2.45) is 0 Å². The SMILES string of the molecule is CCC(O)c1ccc2ccc3ccccc3c2c1. The van der Waals surface area contributed by atoms with Crippen LogP contribution in [0.1, 0.15) is 25.0 Å². The largest absolute Gasteiger partial charge is 0.388 e. The Morgan fingerprint density at radius 3 is 2.33 bits per heavy atom. The predicted octanol–water partition coefficient (Wildman–Crippen LogP) is 4.44. The third-order valence-electron chi connectivity index (χ3n) is 3.54. The van der Waals surface area contributed by atoms with E-state index in [0.29, 0.717) is 0 Å². The van der Waals surface area contributed by atoms with Gasteiger partial charge in [-0.25, -0.2) is 0 Å². The molecule has 0 spiro atoms. The number of benzene rings is 3. The summed E-state index contributed by atoms with van der Waals surface area (Å²) in [5.74, 6) is 0. The lowest BCUT2D eigenvalue weighted by Gasteiger charge is -2.10. The van der Waals surface area contributed by atoms with E-state index < -0.39 is 0 Å². The molecule has 0 aliphatic carbocycles. The summed E-state index contributed by atoms with van der Waals surface area (Å²) in [5, 5.41) is 14.9. The smallest absolute Gasteiger partial charge is 0.0787 e. The maximum Gasteiger partial charge on any atom is 0.0787 e. The van der Waals surface area contributed by atoms with Gasteiger partial charge in [0.25, 0.3) is 0 Å². The zero-order valence-electron chi connectivity index (χ0n) is 10.4. The average molecular weight is 236 g/mol. The summed E-state index contributed by atoms with van der Waals surface area (Å²) in [4.78, 5) is 0. The fourth-order valence-corrected chi connectivity index (χ4v) is 2.46. The minimum Gasteiger partial charge on any atom is -0.388 e. The molecule has 1 atom stereocenters. The summed E-state index contributed by atoms with van der Waals surface area (Å²) >= 11 is 0. The van der Waals surface area contributed by atoms with Crippen LogP contribution in [-0.4, -0.2) is 5.11 Å². The first-order valence-electron chi connectivity index (χ1n) is 6.39. The summed E-state index contributed by atoms with van der Waals surface area (Å²) in [5.41, 5.74) is 1.00. The van der Waals surface area contributed by atoms with E-state index in [1.807, 2.05) is 13.0 Å². The molecule has 0 aromatic heterocycles. The van der Waals surface area contributed by atoms with Crippen molar-refractivity contribution in [3.8, 4) is 0 Å². The van der Waals surface area contributed by atoms with Crippen molar-refractivity contribution in [2.75, 3.05) is 0 Å². The monoisotopic (exact) mass is 236 g/mol. The van der Waals surface area contributed by atoms with Gasteiger partial charge < -0.3 is 5.11 Å². The number of hydrogen-bond acceptors (Lipinski definition) is 1. The Labute approximate surface area is 107 Å². The van der Waals surface area contributed by atoms with Crippen molar-refractivity contribution in [3.05, 3.63) is 60.2 Å². The molecule has 1 unspecified atom stereocenters. The molecule has 90 valence electrons. The van der Waals surface area contributed by atoms with E-state index in [2.05, 4.69) is 48.5 Å². The Morgan fingerprint density at radius 1 is 0.889 bits per heavy atom. The van der Waals surface area contributed by atoms with E-state index >= 15 is 0 Å².